The van der Waals surface area contributed by atoms with Gasteiger partial charge in [0.1, 0.15) is 11.5 Å². The van der Waals surface area contributed by atoms with Crippen molar-refractivity contribution >= 4 is 34.7 Å². The van der Waals surface area contributed by atoms with Crippen molar-refractivity contribution < 1.29 is 56.7 Å². The number of aryl methyl sites for hydroxylation is 6. The number of nitrogens with zero attached hydrogens (tertiary/aromatic N) is 2. The average molecular weight is 1050 g/mol. The molecule has 73 heavy (non-hydrogen) atoms. The first-order chi connectivity index (χ1) is 34.7. The quantitative estimate of drug-likeness (QED) is 0.0218. The molecule has 0 spiro atoms. The van der Waals surface area contributed by atoms with E-state index < -0.39 is 34.9 Å². The number of phenols is 2. The number of aliphatic imine (C=N–C) groups is 2. The maximum atomic E-state index is 11.2. The Balaban J connectivity index is 0.000000794. The molecule has 10 nitrogen and oxygen atoms in total. The number of hydrogen-bond donors (Lipinski definition) is 4. The number of phenolic OH excluding ortho intramolecular Hbond substituents is 2. The minimum atomic E-state index is -1.29. The molecule has 0 atom stereocenters. The van der Waals surface area contributed by atoms with Gasteiger partial charge in [-0.2, -0.15) is 0 Å². The van der Waals surface area contributed by atoms with Crippen LogP contribution in [0.3, 0.4) is 0 Å². The molecule has 0 amide bonds. The van der Waals surface area contributed by atoms with Crippen molar-refractivity contribution in [3.8, 4) is 23.0 Å². The van der Waals surface area contributed by atoms with Crippen molar-refractivity contribution in [2.24, 2.45) is 9.98 Å². The van der Waals surface area contributed by atoms with E-state index in [1.54, 1.807) is 13.8 Å². The van der Waals surface area contributed by atoms with E-state index in [2.05, 4.69) is 77.9 Å². The SMILES string of the molecule is CCCCCCCCC(=Nc1cc(CC)cc(CC)c1)C(CCCCCCCC)=Nc1cc(CCCCC)cc(CCCCC)c1.CCc1ccc(O)c([O-])c1C(=O)O.CCc1ccc(O)c([O-])c1C(=O)O.[Ni+2]. The summed E-state index contributed by atoms with van der Waals surface area (Å²) in [4.78, 5) is 32.3. The summed E-state index contributed by atoms with van der Waals surface area (Å²) >= 11 is 0. The molecule has 0 unspecified atom stereocenters. The first-order valence-corrected chi connectivity index (χ1v) is 27.6. The molecule has 11 heteroatoms. The number of hydrogen-bond acceptors (Lipinski definition) is 8. The molecule has 4 N–H and O–H groups in total. The number of benzene rings is 4. The van der Waals surface area contributed by atoms with Crippen LogP contribution in [-0.4, -0.2) is 43.8 Å². The summed E-state index contributed by atoms with van der Waals surface area (Å²) in [5, 5.41) is 57.7. The van der Waals surface area contributed by atoms with Crippen molar-refractivity contribution in [3.05, 3.63) is 105 Å². The van der Waals surface area contributed by atoms with Crippen LogP contribution in [-0.2, 0) is 55.0 Å². The third kappa shape index (κ3) is 24.6. The van der Waals surface area contributed by atoms with Gasteiger partial charge in [-0.3, -0.25) is 9.98 Å². The topological polar surface area (TPSA) is 186 Å². The van der Waals surface area contributed by atoms with Gasteiger partial charge in [-0.25, -0.2) is 9.59 Å². The summed E-state index contributed by atoms with van der Waals surface area (Å²) in [6.45, 7) is 17.2. The maximum absolute atomic E-state index is 11.2. The molecular weight excluding hydrogens is 959 g/mol. The number of aromatic hydroxyl groups is 2. The first kappa shape index (κ1) is 65.9. The van der Waals surface area contributed by atoms with Crippen molar-refractivity contribution in [2.45, 2.75) is 222 Å². The molecule has 0 fully saturated rings. The van der Waals surface area contributed by atoms with Gasteiger partial charge in [-0.1, -0.05) is 181 Å². The monoisotopic (exact) mass is 1050 g/mol. The summed E-state index contributed by atoms with van der Waals surface area (Å²) in [6, 6.07) is 19.6. The molecule has 0 saturated heterocycles. The largest absolute Gasteiger partial charge is 2.00 e. The Hall–Kier alpha value is -5.15. The molecule has 0 saturated carbocycles. The third-order valence-corrected chi connectivity index (χ3v) is 13.1. The number of unbranched alkanes of at least 4 members (excludes halogenated alkanes) is 14. The van der Waals surface area contributed by atoms with Crippen LogP contribution in [0.4, 0.5) is 11.4 Å². The van der Waals surface area contributed by atoms with E-state index in [1.165, 1.54) is 174 Å². The molecule has 0 bridgehead atoms. The summed E-state index contributed by atoms with van der Waals surface area (Å²) in [5.41, 5.74) is 10.7. The normalized spacial score (nSPS) is 11.3. The fraction of sp³-hybridized carbons (Fsp3) is 0.548. The van der Waals surface area contributed by atoms with Crippen LogP contribution < -0.4 is 10.2 Å². The summed E-state index contributed by atoms with van der Waals surface area (Å²) in [6.07, 6.45) is 30.7. The molecular formula is C62H90N2NiO8. The molecule has 0 radical (unpaired) electrons. The second-order valence-corrected chi connectivity index (χ2v) is 19.0. The van der Waals surface area contributed by atoms with E-state index in [4.69, 9.17) is 30.4 Å². The number of aromatic carboxylic acids is 2. The predicted molar refractivity (Wildman–Crippen MR) is 296 cm³/mol. The van der Waals surface area contributed by atoms with Crippen LogP contribution in [0.5, 0.6) is 23.0 Å². The van der Waals surface area contributed by atoms with Gasteiger partial charge in [0.05, 0.1) is 33.9 Å². The minimum absolute atomic E-state index is 0. The zero-order valence-corrected chi connectivity index (χ0v) is 46.8. The molecule has 4 rings (SSSR count). The van der Waals surface area contributed by atoms with Gasteiger partial charge in [0.25, 0.3) is 0 Å². The Morgan fingerprint density at radius 2 is 0.740 bits per heavy atom. The predicted octanol–water partition coefficient (Wildman–Crippen LogP) is 16.1. The van der Waals surface area contributed by atoms with Crippen LogP contribution in [0.15, 0.2) is 70.6 Å². The van der Waals surface area contributed by atoms with E-state index in [9.17, 15) is 19.8 Å². The summed E-state index contributed by atoms with van der Waals surface area (Å²) in [5.74, 6) is -5.25. The van der Waals surface area contributed by atoms with Crippen molar-refractivity contribution in [3.63, 3.8) is 0 Å². The van der Waals surface area contributed by atoms with Gasteiger partial charge in [-0.05, 0) is 147 Å². The van der Waals surface area contributed by atoms with E-state index in [0.717, 1.165) is 49.9 Å². The van der Waals surface area contributed by atoms with Crippen LogP contribution in [0.1, 0.15) is 238 Å². The van der Waals surface area contributed by atoms with E-state index in [0.29, 0.717) is 24.0 Å². The Morgan fingerprint density at radius 1 is 0.425 bits per heavy atom. The Kier molecular flexibility index (Phi) is 34.7. The maximum Gasteiger partial charge on any atom is 2.00 e. The molecule has 0 aromatic heterocycles. The Bertz CT molecular complexity index is 2170. The standard InChI is InChI=1S/C44H72N2.2C9H10O4.Ni/c1-7-13-17-19-21-25-29-43(45-41-33-37(11-5)31-38(12-6)34-41)44(30-26-22-20-18-14-8-2)46-42-35-39(27-23-15-9-3)32-40(36-42)28-24-16-10-4;2*1-2-5-3-4-6(10)8(11)7(5)9(12)13;/h31-36H,7-30H2,1-6H3;2*3-4,10-11H,2H2,1H3,(H,12,13);/q;;;+2/p-2. The second-order valence-electron chi connectivity index (χ2n) is 19.0. The van der Waals surface area contributed by atoms with Gasteiger partial charge in [-0.15, -0.1) is 0 Å². The van der Waals surface area contributed by atoms with Gasteiger partial charge >= 0.3 is 28.4 Å². The fourth-order valence-corrected chi connectivity index (χ4v) is 8.74. The average Bonchev–Trinajstić information content (AvgIpc) is 3.37. The zero-order valence-electron chi connectivity index (χ0n) is 45.8. The number of carbonyl (C=O) groups is 2. The number of carboxylic acids is 2. The van der Waals surface area contributed by atoms with Crippen molar-refractivity contribution in [1.82, 2.24) is 0 Å². The van der Waals surface area contributed by atoms with Crippen LogP contribution in [0.2, 0.25) is 0 Å². The molecule has 4 aromatic carbocycles. The van der Waals surface area contributed by atoms with Crippen molar-refractivity contribution in [2.75, 3.05) is 0 Å². The smallest absolute Gasteiger partial charge is 0.869 e. The molecule has 0 aliphatic carbocycles. The molecule has 406 valence electrons. The number of rotatable bonds is 31. The fourth-order valence-electron chi connectivity index (χ4n) is 8.74. The van der Waals surface area contributed by atoms with Gasteiger partial charge in [0.2, 0.25) is 0 Å². The van der Waals surface area contributed by atoms with Gasteiger partial charge in [0, 0.05) is 0 Å². The molecule has 0 heterocycles. The Morgan fingerprint density at radius 3 is 1.07 bits per heavy atom. The zero-order chi connectivity index (χ0) is 53.3. The van der Waals surface area contributed by atoms with Gasteiger partial charge in [0.15, 0.2) is 0 Å². The molecule has 0 aliphatic rings. The summed E-state index contributed by atoms with van der Waals surface area (Å²) in [7, 11) is 0. The first-order valence-electron chi connectivity index (χ1n) is 27.6. The number of carboxylic acid groups (broad SMARTS) is 2. The molecule has 0 aliphatic heterocycles. The van der Waals surface area contributed by atoms with Crippen LogP contribution >= 0.6 is 0 Å². The minimum Gasteiger partial charge on any atom is -0.869 e. The third-order valence-electron chi connectivity index (χ3n) is 13.1. The van der Waals surface area contributed by atoms with Crippen LogP contribution in [0.25, 0.3) is 0 Å². The van der Waals surface area contributed by atoms with Crippen molar-refractivity contribution in [1.29, 1.82) is 0 Å². The van der Waals surface area contributed by atoms with E-state index >= 15 is 0 Å². The molecule has 4 aromatic rings. The van der Waals surface area contributed by atoms with E-state index in [-0.39, 0.29) is 27.6 Å². The Labute approximate surface area is 449 Å². The second kappa shape index (κ2) is 38.4. The van der Waals surface area contributed by atoms with Gasteiger partial charge < -0.3 is 30.6 Å². The summed E-state index contributed by atoms with van der Waals surface area (Å²) < 4.78 is 0. The van der Waals surface area contributed by atoms with Crippen LogP contribution in [0, 0.1) is 0 Å². The van der Waals surface area contributed by atoms with E-state index in [1.807, 2.05) is 0 Å².